The predicted octanol–water partition coefficient (Wildman–Crippen LogP) is 2.21. The molecular weight excluding hydrogens is 304 g/mol. The van der Waals surface area contributed by atoms with E-state index >= 15 is 0 Å². The summed E-state index contributed by atoms with van der Waals surface area (Å²) in [5.41, 5.74) is 0.559. The number of benzene rings is 1. The molecule has 2 amide bonds. The van der Waals surface area contributed by atoms with Crippen molar-refractivity contribution in [3.05, 3.63) is 41.5 Å². The Labute approximate surface area is 143 Å². The standard InChI is InChI=1S/C19H26N2O3/c1-4-21(13-19(2,3)24)17(22)12-7-14-5-8-15(9-6-14)18(23)20-16-10-11-16/h5-9,12,16,24H,4,10-11,13H2,1-3H3,(H,20,23). The fourth-order valence-corrected chi connectivity index (χ4v) is 2.33. The van der Waals surface area contributed by atoms with Crippen LogP contribution in [0, 0.1) is 0 Å². The summed E-state index contributed by atoms with van der Waals surface area (Å²) in [7, 11) is 0. The second-order valence-corrected chi connectivity index (χ2v) is 6.87. The van der Waals surface area contributed by atoms with Crippen molar-refractivity contribution in [3.63, 3.8) is 0 Å². The maximum absolute atomic E-state index is 12.2. The number of hydrogen-bond donors (Lipinski definition) is 2. The minimum atomic E-state index is -0.921. The lowest BCUT2D eigenvalue weighted by molar-refractivity contribution is -0.128. The molecule has 5 nitrogen and oxygen atoms in total. The highest BCUT2D eigenvalue weighted by Crippen LogP contribution is 2.19. The Hall–Kier alpha value is -2.14. The van der Waals surface area contributed by atoms with Crippen molar-refractivity contribution < 1.29 is 14.7 Å². The van der Waals surface area contributed by atoms with E-state index in [0.29, 0.717) is 18.2 Å². The zero-order valence-corrected chi connectivity index (χ0v) is 14.6. The molecule has 1 aromatic rings. The molecule has 2 N–H and O–H groups in total. The Morgan fingerprint density at radius 2 is 1.92 bits per heavy atom. The average molecular weight is 330 g/mol. The normalized spacial score (nSPS) is 14.7. The van der Waals surface area contributed by atoms with Gasteiger partial charge < -0.3 is 15.3 Å². The van der Waals surface area contributed by atoms with Crippen LogP contribution >= 0.6 is 0 Å². The molecule has 0 spiro atoms. The van der Waals surface area contributed by atoms with E-state index in [0.717, 1.165) is 18.4 Å². The molecule has 130 valence electrons. The SMILES string of the molecule is CCN(CC(C)(C)O)C(=O)C=Cc1ccc(C(=O)NC2CC2)cc1. The summed E-state index contributed by atoms with van der Waals surface area (Å²) in [5.74, 6) is -0.193. The van der Waals surface area contributed by atoms with Crippen molar-refractivity contribution in [2.75, 3.05) is 13.1 Å². The molecule has 24 heavy (non-hydrogen) atoms. The third-order valence-electron chi connectivity index (χ3n) is 3.77. The highest BCUT2D eigenvalue weighted by Gasteiger charge is 2.23. The lowest BCUT2D eigenvalue weighted by atomic mass is 10.1. The van der Waals surface area contributed by atoms with Gasteiger partial charge in [0.1, 0.15) is 0 Å². The van der Waals surface area contributed by atoms with Gasteiger partial charge in [-0.25, -0.2) is 0 Å². The van der Waals surface area contributed by atoms with Crippen LogP contribution in [0.2, 0.25) is 0 Å². The van der Waals surface area contributed by atoms with Crippen molar-refractivity contribution >= 4 is 17.9 Å². The summed E-state index contributed by atoms with van der Waals surface area (Å²) in [4.78, 5) is 25.7. The number of hydrogen-bond acceptors (Lipinski definition) is 3. The van der Waals surface area contributed by atoms with Crippen LogP contribution < -0.4 is 5.32 Å². The Morgan fingerprint density at radius 3 is 2.42 bits per heavy atom. The molecule has 0 radical (unpaired) electrons. The van der Waals surface area contributed by atoms with E-state index in [1.165, 1.54) is 6.08 Å². The second kappa shape index (κ2) is 7.62. The van der Waals surface area contributed by atoms with Gasteiger partial charge in [0.2, 0.25) is 5.91 Å². The van der Waals surface area contributed by atoms with Gasteiger partial charge in [-0.3, -0.25) is 9.59 Å². The second-order valence-electron chi connectivity index (χ2n) is 6.87. The first-order valence-electron chi connectivity index (χ1n) is 8.39. The zero-order valence-electron chi connectivity index (χ0n) is 14.6. The van der Waals surface area contributed by atoms with Crippen LogP contribution in [0.15, 0.2) is 30.3 Å². The molecule has 1 saturated carbocycles. The first-order valence-corrected chi connectivity index (χ1v) is 8.39. The molecule has 0 aliphatic heterocycles. The maximum atomic E-state index is 12.2. The predicted molar refractivity (Wildman–Crippen MR) is 94.5 cm³/mol. The third kappa shape index (κ3) is 5.81. The van der Waals surface area contributed by atoms with Crippen molar-refractivity contribution in [2.24, 2.45) is 0 Å². The molecule has 0 atom stereocenters. The molecule has 1 aliphatic carbocycles. The number of nitrogens with zero attached hydrogens (tertiary/aromatic N) is 1. The molecule has 5 heteroatoms. The first-order chi connectivity index (χ1) is 11.3. The monoisotopic (exact) mass is 330 g/mol. The van der Waals surface area contributed by atoms with Crippen LogP contribution in [0.25, 0.3) is 6.08 Å². The van der Waals surface area contributed by atoms with Crippen molar-refractivity contribution in [1.82, 2.24) is 10.2 Å². The molecule has 1 fully saturated rings. The van der Waals surface area contributed by atoms with E-state index in [1.807, 2.05) is 19.1 Å². The fourth-order valence-electron chi connectivity index (χ4n) is 2.33. The molecule has 0 heterocycles. The van der Waals surface area contributed by atoms with E-state index in [1.54, 1.807) is 37.0 Å². The summed E-state index contributed by atoms with van der Waals surface area (Å²) in [5, 5.41) is 12.8. The Morgan fingerprint density at radius 1 is 1.29 bits per heavy atom. The average Bonchev–Trinajstić information content (AvgIpc) is 3.33. The Kier molecular flexibility index (Phi) is 5.78. The Bertz CT molecular complexity index is 610. The van der Waals surface area contributed by atoms with Crippen molar-refractivity contribution in [2.45, 2.75) is 45.3 Å². The van der Waals surface area contributed by atoms with Gasteiger partial charge in [0.25, 0.3) is 5.91 Å². The molecule has 0 unspecified atom stereocenters. The van der Waals surface area contributed by atoms with E-state index in [2.05, 4.69) is 5.32 Å². The fraction of sp³-hybridized carbons (Fsp3) is 0.474. The largest absolute Gasteiger partial charge is 0.389 e. The van der Waals surface area contributed by atoms with Crippen molar-refractivity contribution in [1.29, 1.82) is 0 Å². The quantitative estimate of drug-likeness (QED) is 0.753. The number of rotatable bonds is 7. The highest BCUT2D eigenvalue weighted by atomic mass is 16.3. The molecule has 0 bridgehead atoms. The van der Waals surface area contributed by atoms with Crippen LogP contribution in [0.3, 0.4) is 0 Å². The summed E-state index contributed by atoms with van der Waals surface area (Å²) in [6.45, 7) is 6.06. The number of nitrogens with one attached hydrogen (secondary N) is 1. The molecule has 0 aromatic heterocycles. The molecular formula is C19H26N2O3. The van der Waals surface area contributed by atoms with Gasteiger partial charge in [-0.2, -0.15) is 0 Å². The molecule has 1 aromatic carbocycles. The van der Waals surface area contributed by atoms with Gasteiger partial charge in [0.15, 0.2) is 0 Å². The topological polar surface area (TPSA) is 69.6 Å². The van der Waals surface area contributed by atoms with Gasteiger partial charge in [-0.05, 0) is 57.4 Å². The number of likely N-dealkylation sites (N-methyl/N-ethyl adjacent to an activating group) is 1. The van der Waals surface area contributed by atoms with Crippen molar-refractivity contribution in [3.8, 4) is 0 Å². The van der Waals surface area contributed by atoms with Crippen LogP contribution in [-0.2, 0) is 4.79 Å². The van der Waals surface area contributed by atoms with E-state index < -0.39 is 5.60 Å². The van der Waals surface area contributed by atoms with Gasteiger partial charge in [0.05, 0.1) is 5.60 Å². The minimum absolute atomic E-state index is 0.0496. The summed E-state index contributed by atoms with van der Waals surface area (Å²) in [6, 6.07) is 7.49. The smallest absolute Gasteiger partial charge is 0.251 e. The molecule has 1 aliphatic rings. The van der Waals surface area contributed by atoms with E-state index in [4.69, 9.17) is 0 Å². The third-order valence-corrected chi connectivity index (χ3v) is 3.77. The van der Waals surface area contributed by atoms with E-state index in [-0.39, 0.29) is 18.4 Å². The van der Waals surface area contributed by atoms with Crippen LogP contribution in [0.5, 0.6) is 0 Å². The van der Waals surface area contributed by atoms with Gasteiger partial charge >= 0.3 is 0 Å². The zero-order chi connectivity index (χ0) is 17.7. The van der Waals surface area contributed by atoms with Crippen LogP contribution in [-0.4, -0.2) is 46.6 Å². The lowest BCUT2D eigenvalue weighted by Gasteiger charge is -2.27. The Balaban J connectivity index is 1.95. The lowest BCUT2D eigenvalue weighted by Crippen LogP contribution is -2.41. The summed E-state index contributed by atoms with van der Waals surface area (Å²) >= 11 is 0. The van der Waals surface area contributed by atoms with Gasteiger partial charge in [-0.1, -0.05) is 12.1 Å². The molecule has 0 saturated heterocycles. The summed E-state index contributed by atoms with van der Waals surface area (Å²) < 4.78 is 0. The van der Waals surface area contributed by atoms with Gasteiger partial charge in [0, 0.05) is 30.8 Å². The van der Waals surface area contributed by atoms with Gasteiger partial charge in [-0.15, -0.1) is 0 Å². The highest BCUT2D eigenvalue weighted by molar-refractivity contribution is 5.95. The maximum Gasteiger partial charge on any atom is 0.251 e. The number of carbonyl (C=O) groups excluding carboxylic acids is 2. The van der Waals surface area contributed by atoms with E-state index in [9.17, 15) is 14.7 Å². The molecule has 2 rings (SSSR count). The number of carbonyl (C=O) groups is 2. The van der Waals surface area contributed by atoms with Crippen LogP contribution in [0.1, 0.15) is 49.5 Å². The summed E-state index contributed by atoms with van der Waals surface area (Å²) in [6.07, 6.45) is 5.34. The minimum Gasteiger partial charge on any atom is -0.389 e. The first kappa shape index (κ1) is 18.2. The number of aliphatic hydroxyl groups is 1. The van der Waals surface area contributed by atoms with Crippen LogP contribution in [0.4, 0.5) is 0 Å². The number of amides is 2.